The molecule has 0 aromatic carbocycles. The standard InChI is InChI=1S/C52H97NO10/c1-3-5-7-9-11-13-15-17-18-19-20-21-22-23-24-25-26-27-28-30-31-33-35-37-39-44(55)47(57)43(42-62-52-50(60)49(59)48(58)46(41-54)63-52)53-51(61)45(56)40-38-36-34-32-29-16-14-12-10-8-6-4-2/h22-23,26-27,31,33,43-50,52,54-60H,3-21,24-25,28-30,32,34-42H2,1-2H3,(H,53,61)/b23-22+,27-26+,33-31+. The lowest BCUT2D eigenvalue weighted by Crippen LogP contribution is -2.60. The molecule has 1 aliphatic rings. The molecule has 11 nitrogen and oxygen atoms in total. The highest BCUT2D eigenvalue weighted by Crippen LogP contribution is 2.23. The number of ether oxygens (including phenoxy) is 2. The third-order valence-electron chi connectivity index (χ3n) is 12.4. The molecule has 0 radical (unpaired) electrons. The second-order valence-corrected chi connectivity index (χ2v) is 18.2. The lowest BCUT2D eigenvalue weighted by Gasteiger charge is -2.40. The van der Waals surface area contributed by atoms with Crippen LogP contribution in [0.15, 0.2) is 36.5 Å². The second-order valence-electron chi connectivity index (χ2n) is 18.2. The fourth-order valence-corrected chi connectivity index (χ4v) is 8.12. The van der Waals surface area contributed by atoms with Gasteiger partial charge >= 0.3 is 0 Å². The number of aliphatic hydroxyl groups excluding tert-OH is 7. The van der Waals surface area contributed by atoms with E-state index in [0.717, 1.165) is 44.9 Å². The van der Waals surface area contributed by atoms with E-state index in [1.165, 1.54) is 128 Å². The first-order valence-electron chi connectivity index (χ1n) is 25.9. The lowest BCUT2D eigenvalue weighted by atomic mass is 9.98. The van der Waals surface area contributed by atoms with E-state index in [9.17, 15) is 40.5 Å². The predicted octanol–water partition coefficient (Wildman–Crippen LogP) is 9.56. The van der Waals surface area contributed by atoms with Gasteiger partial charge in [0.2, 0.25) is 5.91 Å². The summed E-state index contributed by atoms with van der Waals surface area (Å²) in [5, 5.41) is 75.7. The quantitative estimate of drug-likeness (QED) is 0.0216. The summed E-state index contributed by atoms with van der Waals surface area (Å²) in [7, 11) is 0. The molecule has 8 N–H and O–H groups in total. The molecule has 1 amide bonds. The molecule has 0 aliphatic carbocycles. The van der Waals surface area contributed by atoms with E-state index in [0.29, 0.717) is 19.3 Å². The Balaban J connectivity index is 2.40. The molecule has 370 valence electrons. The molecule has 1 saturated heterocycles. The Morgan fingerprint density at radius 2 is 0.952 bits per heavy atom. The molecule has 0 spiro atoms. The minimum absolute atomic E-state index is 0.242. The molecule has 1 rings (SSSR count). The molecule has 0 aromatic heterocycles. The van der Waals surface area contributed by atoms with Gasteiger partial charge < -0.3 is 50.5 Å². The van der Waals surface area contributed by atoms with Gasteiger partial charge in [0.1, 0.15) is 36.6 Å². The third-order valence-corrected chi connectivity index (χ3v) is 12.4. The lowest BCUT2D eigenvalue weighted by molar-refractivity contribution is -0.303. The number of hydrogen-bond acceptors (Lipinski definition) is 10. The maximum absolute atomic E-state index is 13.1. The van der Waals surface area contributed by atoms with Crippen molar-refractivity contribution >= 4 is 5.91 Å². The first-order valence-corrected chi connectivity index (χ1v) is 25.9. The van der Waals surface area contributed by atoms with Gasteiger partial charge in [0, 0.05) is 0 Å². The van der Waals surface area contributed by atoms with Gasteiger partial charge in [-0.15, -0.1) is 0 Å². The van der Waals surface area contributed by atoms with Crippen molar-refractivity contribution in [1.82, 2.24) is 5.32 Å². The van der Waals surface area contributed by atoms with E-state index in [1.807, 2.05) is 0 Å². The van der Waals surface area contributed by atoms with Crippen LogP contribution in [-0.4, -0.2) is 110 Å². The first kappa shape index (κ1) is 59.3. The number of unbranched alkanes of at least 4 members (excludes halogenated alkanes) is 25. The minimum atomic E-state index is -1.67. The van der Waals surface area contributed by atoms with E-state index in [1.54, 1.807) is 0 Å². The van der Waals surface area contributed by atoms with Crippen LogP contribution in [0.3, 0.4) is 0 Å². The zero-order chi connectivity index (χ0) is 46.2. The number of rotatable bonds is 43. The number of amides is 1. The first-order chi connectivity index (χ1) is 30.7. The van der Waals surface area contributed by atoms with Gasteiger partial charge in [-0.2, -0.15) is 0 Å². The number of carbonyl (C=O) groups excluding carboxylic acids is 1. The van der Waals surface area contributed by atoms with Crippen LogP contribution >= 0.6 is 0 Å². The minimum Gasteiger partial charge on any atom is -0.394 e. The van der Waals surface area contributed by atoms with E-state index in [2.05, 4.69) is 55.6 Å². The van der Waals surface area contributed by atoms with Crippen LogP contribution in [0, 0.1) is 0 Å². The van der Waals surface area contributed by atoms with Gasteiger partial charge in [0.15, 0.2) is 6.29 Å². The predicted molar refractivity (Wildman–Crippen MR) is 256 cm³/mol. The zero-order valence-electron chi connectivity index (χ0n) is 40.1. The Hall–Kier alpha value is -1.67. The number of carbonyl (C=O) groups is 1. The summed E-state index contributed by atoms with van der Waals surface area (Å²) in [5.74, 6) is -0.713. The summed E-state index contributed by atoms with van der Waals surface area (Å²) in [5.41, 5.74) is 0. The van der Waals surface area contributed by atoms with E-state index >= 15 is 0 Å². The van der Waals surface area contributed by atoms with Crippen LogP contribution in [0.2, 0.25) is 0 Å². The molecule has 0 saturated carbocycles. The maximum Gasteiger partial charge on any atom is 0.249 e. The van der Waals surface area contributed by atoms with E-state index in [4.69, 9.17) is 9.47 Å². The molecular weight excluding hydrogens is 799 g/mol. The van der Waals surface area contributed by atoms with E-state index in [-0.39, 0.29) is 12.8 Å². The molecule has 63 heavy (non-hydrogen) atoms. The van der Waals surface area contributed by atoms with Crippen LogP contribution in [0.5, 0.6) is 0 Å². The topological polar surface area (TPSA) is 189 Å². The van der Waals surface area contributed by atoms with Crippen molar-refractivity contribution in [3.63, 3.8) is 0 Å². The highest BCUT2D eigenvalue weighted by molar-refractivity contribution is 5.80. The largest absolute Gasteiger partial charge is 0.394 e. The maximum atomic E-state index is 13.1. The van der Waals surface area contributed by atoms with Crippen molar-refractivity contribution in [3.8, 4) is 0 Å². The molecule has 1 aliphatic heterocycles. The summed E-state index contributed by atoms with van der Waals surface area (Å²) < 4.78 is 11.1. The average Bonchev–Trinajstić information content (AvgIpc) is 3.28. The summed E-state index contributed by atoms with van der Waals surface area (Å²) in [6.07, 6.45) is 37.7. The number of allylic oxidation sites excluding steroid dienone is 6. The molecule has 9 unspecified atom stereocenters. The Morgan fingerprint density at radius 3 is 1.41 bits per heavy atom. The number of hydrogen-bond donors (Lipinski definition) is 8. The molecule has 11 heteroatoms. The van der Waals surface area contributed by atoms with Crippen molar-refractivity contribution in [2.24, 2.45) is 0 Å². The summed E-state index contributed by atoms with van der Waals surface area (Å²) in [6.45, 7) is 3.42. The molecule has 0 bridgehead atoms. The smallest absolute Gasteiger partial charge is 0.249 e. The van der Waals surface area contributed by atoms with Gasteiger partial charge in [-0.1, -0.05) is 192 Å². The Bertz CT molecular complexity index is 1120. The Morgan fingerprint density at radius 1 is 0.540 bits per heavy atom. The molecular formula is C52H97NO10. The fraction of sp³-hybridized carbons (Fsp3) is 0.865. The van der Waals surface area contributed by atoms with Gasteiger partial charge in [0.05, 0.1) is 25.4 Å². The van der Waals surface area contributed by atoms with Crippen LogP contribution in [0.25, 0.3) is 0 Å². The zero-order valence-corrected chi connectivity index (χ0v) is 40.1. The summed E-state index contributed by atoms with van der Waals surface area (Å²) >= 11 is 0. The average molecular weight is 896 g/mol. The number of nitrogens with one attached hydrogen (secondary N) is 1. The third kappa shape index (κ3) is 31.0. The Labute approximate surface area is 384 Å². The van der Waals surface area contributed by atoms with Gasteiger partial charge in [-0.3, -0.25) is 4.79 Å². The highest BCUT2D eigenvalue weighted by atomic mass is 16.7. The molecule has 1 fully saturated rings. The number of aliphatic hydroxyl groups is 7. The van der Waals surface area contributed by atoms with Crippen molar-refractivity contribution < 1.29 is 50.0 Å². The Kier molecular flexibility index (Phi) is 39.3. The fourth-order valence-electron chi connectivity index (χ4n) is 8.12. The molecule has 0 aromatic rings. The van der Waals surface area contributed by atoms with E-state index < -0.39 is 74.2 Å². The summed E-state index contributed by atoms with van der Waals surface area (Å²) in [6, 6.07) is -1.19. The summed E-state index contributed by atoms with van der Waals surface area (Å²) in [4.78, 5) is 13.1. The second kappa shape index (κ2) is 41.7. The normalized spacial score (nSPS) is 21.4. The van der Waals surface area contributed by atoms with Crippen molar-refractivity contribution in [3.05, 3.63) is 36.5 Å². The van der Waals surface area contributed by atoms with Gasteiger partial charge in [0.25, 0.3) is 0 Å². The van der Waals surface area contributed by atoms with Crippen molar-refractivity contribution in [2.75, 3.05) is 13.2 Å². The van der Waals surface area contributed by atoms with Gasteiger partial charge in [-0.25, -0.2) is 0 Å². The highest BCUT2D eigenvalue weighted by Gasteiger charge is 2.44. The van der Waals surface area contributed by atoms with Crippen molar-refractivity contribution in [2.45, 2.75) is 274 Å². The van der Waals surface area contributed by atoms with Crippen LogP contribution in [0.4, 0.5) is 0 Å². The molecule has 9 atom stereocenters. The van der Waals surface area contributed by atoms with Crippen LogP contribution in [0.1, 0.15) is 219 Å². The monoisotopic (exact) mass is 896 g/mol. The van der Waals surface area contributed by atoms with Gasteiger partial charge in [-0.05, 0) is 64.2 Å². The molecule has 1 heterocycles. The SMILES string of the molecule is CCCCCCCCCCCCC/C=C/CC/C=C/CC/C=C/CCCC(O)C(O)C(COC1OC(CO)C(O)C(O)C1O)NC(=O)C(O)CCCCCCCCCCCCCC. The van der Waals surface area contributed by atoms with Crippen LogP contribution < -0.4 is 5.32 Å². The van der Waals surface area contributed by atoms with Crippen LogP contribution in [-0.2, 0) is 14.3 Å². The van der Waals surface area contributed by atoms with Crippen molar-refractivity contribution in [1.29, 1.82) is 0 Å².